The Balaban J connectivity index is 1.37. The fourth-order valence-corrected chi connectivity index (χ4v) is 3.95. The minimum atomic E-state index is -0.507. The molecule has 2 aliphatic carbocycles. The lowest BCUT2D eigenvalue weighted by molar-refractivity contribution is -0.150. The van der Waals surface area contributed by atoms with Crippen molar-refractivity contribution < 1.29 is 14.4 Å². The van der Waals surface area contributed by atoms with E-state index in [1.165, 1.54) is 0 Å². The summed E-state index contributed by atoms with van der Waals surface area (Å²) in [7, 11) is 0. The van der Waals surface area contributed by atoms with Gasteiger partial charge in [0.25, 0.3) is 0 Å². The van der Waals surface area contributed by atoms with Gasteiger partial charge in [-0.3, -0.25) is 14.4 Å². The van der Waals surface area contributed by atoms with E-state index in [1.54, 1.807) is 4.90 Å². The normalized spacial score (nSPS) is 21.7. The number of nitrogens with one attached hydrogen (secondary N) is 1. The molecule has 6 nitrogen and oxygen atoms in total. The van der Waals surface area contributed by atoms with Crippen LogP contribution in [-0.4, -0.2) is 59.7 Å². The molecule has 0 spiro atoms. The molecule has 0 unspecified atom stereocenters. The first kappa shape index (κ1) is 17.1. The van der Waals surface area contributed by atoms with Crippen LogP contribution in [0.15, 0.2) is 30.3 Å². The van der Waals surface area contributed by atoms with Crippen LogP contribution in [0.2, 0.25) is 0 Å². The van der Waals surface area contributed by atoms with Crippen LogP contribution in [0.5, 0.6) is 0 Å². The minimum absolute atomic E-state index is 0.171. The lowest BCUT2D eigenvalue weighted by Gasteiger charge is -2.46. The van der Waals surface area contributed by atoms with Crippen molar-refractivity contribution in [2.45, 2.75) is 43.6 Å². The second-order valence-corrected chi connectivity index (χ2v) is 7.63. The molecule has 1 N–H and O–H groups in total. The molecule has 0 aromatic heterocycles. The maximum absolute atomic E-state index is 13.2. The van der Waals surface area contributed by atoms with Crippen LogP contribution in [0.3, 0.4) is 0 Å². The standard InChI is InChI=1S/C20H25N3O3/c24-17(21-16-7-8-16)18(25)22-11-13-23(14-12-22)19(26)20(9-4-10-20)15-5-2-1-3-6-15/h1-3,5-6,16H,4,7-14H2,(H,21,24). The average molecular weight is 355 g/mol. The lowest BCUT2D eigenvalue weighted by atomic mass is 9.63. The Kier molecular flexibility index (Phi) is 4.42. The van der Waals surface area contributed by atoms with Gasteiger partial charge in [-0.25, -0.2) is 0 Å². The van der Waals surface area contributed by atoms with Gasteiger partial charge in [0, 0.05) is 32.2 Å². The summed E-state index contributed by atoms with van der Waals surface area (Å²) in [6.45, 7) is 1.84. The molecule has 0 atom stereocenters. The zero-order valence-electron chi connectivity index (χ0n) is 14.9. The first-order chi connectivity index (χ1) is 12.6. The summed E-state index contributed by atoms with van der Waals surface area (Å²) in [5.74, 6) is -0.804. The molecule has 4 rings (SSSR count). The van der Waals surface area contributed by atoms with Crippen molar-refractivity contribution in [2.24, 2.45) is 0 Å². The molecule has 1 aromatic rings. The SMILES string of the molecule is O=C(NC1CC1)C(=O)N1CCN(C(=O)C2(c3ccccc3)CCC2)CC1. The number of hydrogen-bond acceptors (Lipinski definition) is 3. The Bertz CT molecular complexity index is 702. The summed E-state index contributed by atoms with van der Waals surface area (Å²) in [4.78, 5) is 40.8. The topological polar surface area (TPSA) is 69.7 Å². The second-order valence-electron chi connectivity index (χ2n) is 7.63. The highest BCUT2D eigenvalue weighted by Crippen LogP contribution is 2.45. The smallest absolute Gasteiger partial charge is 0.312 e. The molecule has 3 amide bonds. The maximum atomic E-state index is 13.2. The van der Waals surface area contributed by atoms with Crippen molar-refractivity contribution in [2.75, 3.05) is 26.2 Å². The van der Waals surface area contributed by atoms with Crippen molar-refractivity contribution in [3.05, 3.63) is 35.9 Å². The highest BCUT2D eigenvalue weighted by atomic mass is 16.2. The molecule has 0 radical (unpaired) electrons. The van der Waals surface area contributed by atoms with E-state index in [-0.39, 0.29) is 11.9 Å². The van der Waals surface area contributed by atoms with E-state index >= 15 is 0 Å². The van der Waals surface area contributed by atoms with E-state index in [0.29, 0.717) is 26.2 Å². The summed E-state index contributed by atoms with van der Waals surface area (Å²) in [6, 6.07) is 10.2. The number of rotatable bonds is 3. The van der Waals surface area contributed by atoms with Gasteiger partial charge in [-0.1, -0.05) is 36.8 Å². The molecule has 1 heterocycles. The van der Waals surface area contributed by atoms with Crippen LogP contribution in [0, 0.1) is 0 Å². The first-order valence-electron chi connectivity index (χ1n) is 9.55. The number of piperazine rings is 1. The summed E-state index contributed by atoms with van der Waals surface area (Å²) in [5, 5.41) is 2.74. The quantitative estimate of drug-likeness (QED) is 0.824. The van der Waals surface area contributed by atoms with Gasteiger partial charge in [0.1, 0.15) is 0 Å². The lowest BCUT2D eigenvalue weighted by Crippen LogP contribution is -2.58. The van der Waals surface area contributed by atoms with Crippen molar-refractivity contribution in [3.8, 4) is 0 Å². The van der Waals surface area contributed by atoms with Gasteiger partial charge in [0.15, 0.2) is 0 Å². The highest BCUT2D eigenvalue weighted by Gasteiger charge is 2.48. The third-order valence-corrected chi connectivity index (χ3v) is 5.90. The number of hydrogen-bond donors (Lipinski definition) is 1. The largest absolute Gasteiger partial charge is 0.345 e. The predicted octanol–water partition coefficient (Wildman–Crippen LogP) is 1.06. The van der Waals surface area contributed by atoms with E-state index in [9.17, 15) is 14.4 Å². The number of carbonyl (C=O) groups is 3. The Hall–Kier alpha value is -2.37. The third kappa shape index (κ3) is 3.08. The maximum Gasteiger partial charge on any atom is 0.312 e. The molecule has 3 aliphatic rings. The van der Waals surface area contributed by atoms with E-state index in [4.69, 9.17) is 0 Å². The van der Waals surface area contributed by atoms with Crippen LogP contribution in [0.1, 0.15) is 37.7 Å². The zero-order chi connectivity index (χ0) is 18.1. The van der Waals surface area contributed by atoms with E-state index in [1.807, 2.05) is 35.2 Å². The zero-order valence-corrected chi connectivity index (χ0v) is 14.9. The molecule has 0 bridgehead atoms. The van der Waals surface area contributed by atoms with Crippen LogP contribution in [0.4, 0.5) is 0 Å². The van der Waals surface area contributed by atoms with E-state index in [2.05, 4.69) is 5.32 Å². The summed E-state index contributed by atoms with van der Waals surface area (Å²) in [5.41, 5.74) is 0.704. The fraction of sp³-hybridized carbons (Fsp3) is 0.550. The van der Waals surface area contributed by atoms with Crippen LogP contribution in [0.25, 0.3) is 0 Å². The van der Waals surface area contributed by atoms with Crippen molar-refractivity contribution in [1.29, 1.82) is 0 Å². The van der Waals surface area contributed by atoms with Gasteiger partial charge in [0.2, 0.25) is 5.91 Å². The number of benzene rings is 1. The Morgan fingerprint density at radius 3 is 2.08 bits per heavy atom. The second kappa shape index (κ2) is 6.74. The first-order valence-corrected chi connectivity index (χ1v) is 9.55. The van der Waals surface area contributed by atoms with Gasteiger partial charge < -0.3 is 15.1 Å². The Labute approximate surface area is 153 Å². The van der Waals surface area contributed by atoms with Crippen LogP contribution in [-0.2, 0) is 19.8 Å². The third-order valence-electron chi connectivity index (χ3n) is 5.90. The van der Waals surface area contributed by atoms with Crippen LogP contribution >= 0.6 is 0 Å². The Morgan fingerprint density at radius 1 is 0.923 bits per heavy atom. The molecular weight excluding hydrogens is 330 g/mol. The van der Waals surface area contributed by atoms with E-state index in [0.717, 1.165) is 37.7 Å². The molecular formula is C20H25N3O3. The molecule has 1 saturated heterocycles. The molecule has 6 heteroatoms. The van der Waals surface area contributed by atoms with E-state index < -0.39 is 17.2 Å². The number of nitrogens with zero attached hydrogens (tertiary/aromatic N) is 2. The average Bonchev–Trinajstić information content (AvgIpc) is 3.45. The molecule has 3 fully saturated rings. The van der Waals surface area contributed by atoms with Gasteiger partial charge in [-0.2, -0.15) is 0 Å². The molecule has 26 heavy (non-hydrogen) atoms. The molecule has 138 valence electrons. The van der Waals surface area contributed by atoms with Gasteiger partial charge >= 0.3 is 11.8 Å². The van der Waals surface area contributed by atoms with Crippen molar-refractivity contribution in [1.82, 2.24) is 15.1 Å². The monoisotopic (exact) mass is 355 g/mol. The van der Waals surface area contributed by atoms with Crippen molar-refractivity contribution in [3.63, 3.8) is 0 Å². The molecule has 2 saturated carbocycles. The number of carbonyl (C=O) groups excluding carboxylic acids is 3. The molecule has 1 aromatic carbocycles. The van der Waals surface area contributed by atoms with Gasteiger partial charge in [0.05, 0.1) is 5.41 Å². The van der Waals surface area contributed by atoms with Gasteiger partial charge in [-0.15, -0.1) is 0 Å². The molecule has 1 aliphatic heterocycles. The van der Waals surface area contributed by atoms with Crippen molar-refractivity contribution >= 4 is 17.7 Å². The summed E-state index contributed by atoms with van der Waals surface area (Å²) in [6.07, 6.45) is 4.77. The minimum Gasteiger partial charge on any atom is -0.345 e. The number of amides is 3. The van der Waals surface area contributed by atoms with Crippen LogP contribution < -0.4 is 5.32 Å². The van der Waals surface area contributed by atoms with Gasteiger partial charge in [-0.05, 0) is 31.2 Å². The summed E-state index contributed by atoms with van der Waals surface area (Å²) < 4.78 is 0. The predicted molar refractivity (Wildman–Crippen MR) is 96.3 cm³/mol. The highest BCUT2D eigenvalue weighted by molar-refractivity contribution is 6.35. The fourth-order valence-electron chi connectivity index (χ4n) is 3.95. The summed E-state index contributed by atoms with van der Waals surface area (Å²) >= 11 is 0. The Morgan fingerprint density at radius 2 is 1.54 bits per heavy atom.